The Morgan fingerprint density at radius 2 is 1.58 bits per heavy atom. The number of halogens is 3. The Labute approximate surface area is 250 Å². The Morgan fingerprint density at radius 3 is 2.19 bits per heavy atom. The maximum atomic E-state index is 13.1. The highest BCUT2D eigenvalue weighted by Gasteiger charge is 2.35. The quantitative estimate of drug-likeness (QED) is 0.362. The van der Waals surface area contributed by atoms with Gasteiger partial charge in [-0.3, -0.25) is 9.69 Å². The summed E-state index contributed by atoms with van der Waals surface area (Å²) in [6.45, 7) is 5.41. The molecule has 3 aromatic rings. The van der Waals surface area contributed by atoms with Gasteiger partial charge in [-0.05, 0) is 72.5 Å². The van der Waals surface area contributed by atoms with Crippen LogP contribution in [0.4, 0.5) is 18.9 Å². The molecule has 2 fully saturated rings. The van der Waals surface area contributed by atoms with Crippen LogP contribution < -0.4 is 10.2 Å². The lowest BCUT2D eigenvalue weighted by atomic mass is 9.88. The highest BCUT2D eigenvalue weighted by molar-refractivity contribution is 7.91. The summed E-state index contributed by atoms with van der Waals surface area (Å²) < 4.78 is 69.0. The van der Waals surface area contributed by atoms with Crippen LogP contribution in [0.1, 0.15) is 52.7 Å². The second-order valence-corrected chi connectivity index (χ2v) is 13.2. The molecule has 0 aliphatic carbocycles. The summed E-state index contributed by atoms with van der Waals surface area (Å²) >= 11 is 0. The van der Waals surface area contributed by atoms with E-state index in [1.165, 1.54) is 0 Å². The molecule has 0 spiro atoms. The maximum Gasteiger partial charge on any atom is 0.416 e. The number of morpholine rings is 1. The fourth-order valence-electron chi connectivity index (χ4n) is 5.78. The van der Waals surface area contributed by atoms with Crippen molar-refractivity contribution in [2.24, 2.45) is 0 Å². The summed E-state index contributed by atoms with van der Waals surface area (Å²) in [6, 6.07) is 19.4. The van der Waals surface area contributed by atoms with E-state index in [9.17, 15) is 26.4 Å². The Morgan fingerprint density at radius 1 is 0.930 bits per heavy atom. The molecular formula is C32H36F3N3O4S. The Bertz CT molecular complexity index is 1490. The van der Waals surface area contributed by atoms with Crippen molar-refractivity contribution >= 4 is 21.4 Å². The molecule has 7 nitrogen and oxygen atoms in total. The summed E-state index contributed by atoms with van der Waals surface area (Å²) in [6.07, 6.45) is -2.54. The lowest BCUT2D eigenvalue weighted by Gasteiger charge is -2.47. The number of nitrogens with one attached hydrogen (secondary N) is 1. The van der Waals surface area contributed by atoms with Crippen molar-refractivity contribution in [2.45, 2.75) is 49.5 Å². The predicted molar refractivity (Wildman–Crippen MR) is 159 cm³/mol. The monoisotopic (exact) mass is 615 g/mol. The maximum absolute atomic E-state index is 13.1. The Balaban J connectivity index is 1.28. The highest BCUT2D eigenvalue weighted by atomic mass is 32.2. The number of rotatable bonds is 8. The van der Waals surface area contributed by atoms with Gasteiger partial charge in [0, 0.05) is 43.3 Å². The number of piperidine rings is 1. The van der Waals surface area contributed by atoms with Gasteiger partial charge in [0.15, 0.2) is 9.84 Å². The van der Waals surface area contributed by atoms with Crippen molar-refractivity contribution in [3.8, 4) is 0 Å². The number of ether oxygens (including phenoxy) is 1. The van der Waals surface area contributed by atoms with Gasteiger partial charge in [0.05, 0.1) is 35.6 Å². The molecule has 11 heteroatoms. The molecule has 2 saturated heterocycles. The van der Waals surface area contributed by atoms with Crippen LogP contribution in [0, 0.1) is 0 Å². The van der Waals surface area contributed by atoms with Crippen molar-refractivity contribution in [1.82, 2.24) is 10.2 Å². The van der Waals surface area contributed by atoms with E-state index >= 15 is 0 Å². The molecule has 3 aromatic carbocycles. The van der Waals surface area contributed by atoms with Crippen LogP contribution in [-0.4, -0.2) is 64.0 Å². The van der Waals surface area contributed by atoms with Gasteiger partial charge >= 0.3 is 6.18 Å². The van der Waals surface area contributed by atoms with E-state index in [4.69, 9.17) is 4.74 Å². The Hall–Kier alpha value is -3.41. The number of benzene rings is 3. The molecule has 1 unspecified atom stereocenters. The summed E-state index contributed by atoms with van der Waals surface area (Å²) in [5.74, 6) is -0.150. The number of hydrogen-bond donors (Lipinski definition) is 1. The summed E-state index contributed by atoms with van der Waals surface area (Å²) in [4.78, 5) is 17.9. The first-order valence-corrected chi connectivity index (χ1v) is 16.2. The van der Waals surface area contributed by atoms with Gasteiger partial charge in [0.1, 0.15) is 0 Å². The van der Waals surface area contributed by atoms with Gasteiger partial charge in [-0.2, -0.15) is 13.2 Å². The first-order chi connectivity index (χ1) is 20.5. The van der Waals surface area contributed by atoms with Crippen molar-refractivity contribution in [3.63, 3.8) is 0 Å². The minimum atomic E-state index is -4.37. The fourth-order valence-corrected chi connectivity index (χ4v) is 6.66. The largest absolute Gasteiger partial charge is 0.416 e. The van der Waals surface area contributed by atoms with Crippen LogP contribution in [0.15, 0.2) is 77.7 Å². The molecule has 2 heterocycles. The summed E-state index contributed by atoms with van der Waals surface area (Å²) in [5.41, 5.74) is 2.46. The summed E-state index contributed by atoms with van der Waals surface area (Å²) in [7, 11) is -3.28. The van der Waals surface area contributed by atoms with E-state index in [1.54, 1.807) is 55.5 Å². The minimum absolute atomic E-state index is 0.0272. The topological polar surface area (TPSA) is 79.0 Å². The van der Waals surface area contributed by atoms with Gasteiger partial charge in [-0.1, -0.05) is 31.2 Å². The smallest absolute Gasteiger partial charge is 0.379 e. The molecule has 0 radical (unpaired) electrons. The zero-order chi connectivity index (χ0) is 30.6. The van der Waals surface area contributed by atoms with Crippen LogP contribution in [0.2, 0.25) is 0 Å². The van der Waals surface area contributed by atoms with Gasteiger partial charge in [-0.25, -0.2) is 8.42 Å². The number of carbonyl (C=O) groups is 1. The second-order valence-electron chi connectivity index (χ2n) is 11.0. The van der Waals surface area contributed by atoms with Crippen molar-refractivity contribution in [3.05, 3.63) is 95.1 Å². The molecular weight excluding hydrogens is 579 g/mol. The van der Waals surface area contributed by atoms with Crippen LogP contribution >= 0.6 is 0 Å². The van der Waals surface area contributed by atoms with E-state index < -0.39 is 21.6 Å². The highest BCUT2D eigenvalue weighted by Crippen LogP contribution is 2.36. The van der Waals surface area contributed by atoms with Crippen molar-refractivity contribution in [2.75, 3.05) is 43.5 Å². The molecule has 1 amide bonds. The van der Waals surface area contributed by atoms with Crippen LogP contribution in [0.3, 0.4) is 0 Å². The third-order valence-corrected chi connectivity index (χ3v) is 10.1. The average Bonchev–Trinajstić information content (AvgIpc) is 3.03. The lowest BCUT2D eigenvalue weighted by Crippen LogP contribution is -2.55. The minimum Gasteiger partial charge on any atom is -0.379 e. The van der Waals surface area contributed by atoms with E-state index in [-0.39, 0.29) is 35.2 Å². The zero-order valence-electron chi connectivity index (χ0n) is 24.0. The van der Waals surface area contributed by atoms with Crippen LogP contribution in [-0.2, 0) is 27.3 Å². The molecule has 0 bridgehead atoms. The molecule has 43 heavy (non-hydrogen) atoms. The standard InChI is InChI=1S/C32H36F3N3O4S/c1-2-43(40,41)29-14-3-23(4-15-29)21-36-31(39)25-7-12-28(13-8-25)38-22-26(9-16-30(38)37-17-19-42-20-18-37)24-5-10-27(11-6-24)32(33,34)35/h3-8,10-15,26,30H,2,9,16-22H2,1H3,(H,36,39)/t26?,30-/m0/s1. The van der Waals surface area contributed by atoms with Crippen molar-refractivity contribution < 1.29 is 31.1 Å². The Kier molecular flexibility index (Phi) is 9.43. The van der Waals surface area contributed by atoms with Crippen LogP contribution in [0.5, 0.6) is 0 Å². The third-order valence-electron chi connectivity index (χ3n) is 8.30. The normalized spacial score (nSPS) is 20.1. The van der Waals surface area contributed by atoms with E-state index in [2.05, 4.69) is 15.1 Å². The molecule has 5 rings (SSSR count). The predicted octanol–water partition coefficient (Wildman–Crippen LogP) is 5.47. The molecule has 2 aliphatic rings. The molecule has 2 atom stereocenters. The van der Waals surface area contributed by atoms with E-state index in [1.807, 2.05) is 12.1 Å². The van der Waals surface area contributed by atoms with Gasteiger partial charge in [0.25, 0.3) is 5.91 Å². The molecule has 2 aliphatic heterocycles. The van der Waals surface area contributed by atoms with Gasteiger partial charge < -0.3 is 15.0 Å². The number of alkyl halides is 3. The number of amides is 1. The number of sulfone groups is 1. The van der Waals surface area contributed by atoms with Crippen LogP contribution in [0.25, 0.3) is 0 Å². The average molecular weight is 616 g/mol. The van der Waals surface area contributed by atoms with E-state index in [0.29, 0.717) is 25.3 Å². The summed E-state index contributed by atoms with van der Waals surface area (Å²) in [5, 5.41) is 2.89. The lowest BCUT2D eigenvalue weighted by molar-refractivity contribution is -0.137. The first-order valence-electron chi connectivity index (χ1n) is 14.5. The van der Waals surface area contributed by atoms with E-state index in [0.717, 1.165) is 54.9 Å². The fraction of sp³-hybridized carbons (Fsp3) is 0.406. The molecule has 230 valence electrons. The number of nitrogens with zero attached hydrogens (tertiary/aromatic N) is 2. The van der Waals surface area contributed by atoms with Gasteiger partial charge in [-0.15, -0.1) is 0 Å². The second kappa shape index (κ2) is 13.1. The molecule has 1 N–H and O–H groups in total. The number of hydrogen-bond acceptors (Lipinski definition) is 6. The van der Waals surface area contributed by atoms with Crippen molar-refractivity contribution in [1.29, 1.82) is 0 Å². The first kappa shape index (κ1) is 31.0. The SMILES string of the molecule is CCS(=O)(=O)c1ccc(CNC(=O)c2ccc(N3CC(c4ccc(C(F)(F)F)cc4)CC[C@H]3N3CCOCC3)cc2)cc1. The molecule has 0 saturated carbocycles. The molecule has 0 aromatic heterocycles. The van der Waals surface area contributed by atoms with Gasteiger partial charge in [0.2, 0.25) is 0 Å². The number of anilines is 1. The third kappa shape index (κ3) is 7.39. The zero-order valence-corrected chi connectivity index (χ0v) is 24.8. The number of carbonyl (C=O) groups excluding carboxylic acids is 1.